The number of alkyl halides is 1. The Balaban J connectivity index is 4.53. The number of hydrogen-bond acceptors (Lipinski definition) is 6. The summed E-state index contributed by atoms with van der Waals surface area (Å²) in [6, 6.07) is 0.0263. The van der Waals surface area contributed by atoms with E-state index in [9.17, 15) is 19.0 Å². The summed E-state index contributed by atoms with van der Waals surface area (Å²) in [6.45, 7) is 6.81. The lowest BCUT2D eigenvalue weighted by atomic mass is 9.83. The monoisotopic (exact) mass is 537 g/mol. The van der Waals surface area contributed by atoms with Crippen molar-refractivity contribution in [2.45, 2.75) is 40.2 Å². The van der Waals surface area contributed by atoms with Crippen LogP contribution in [0.15, 0.2) is 0 Å². The molecule has 11 heteroatoms. The number of ether oxygens (including phenoxy) is 1. The number of amides is 1. The lowest BCUT2D eigenvalue weighted by molar-refractivity contribution is -0.887. The zero-order valence-corrected chi connectivity index (χ0v) is 20.9. The molecule has 0 aromatic carbocycles. The Hall–Kier alpha value is -0.260. The van der Waals surface area contributed by atoms with Gasteiger partial charge in [0, 0.05) is 16.4 Å². The minimum atomic E-state index is -4.21. The van der Waals surface area contributed by atoms with E-state index in [1.54, 1.807) is 35.0 Å². The van der Waals surface area contributed by atoms with Gasteiger partial charge in [-0.25, -0.2) is 9.09 Å². The maximum absolute atomic E-state index is 12.5. The smallest absolute Gasteiger partial charge is 0.463 e. The van der Waals surface area contributed by atoms with E-state index in [2.05, 4.69) is 27.9 Å². The summed E-state index contributed by atoms with van der Waals surface area (Å²) in [6.07, 6.45) is 0.333. The molecule has 0 fully saturated rings. The molecule has 0 aliphatic rings. The van der Waals surface area contributed by atoms with Gasteiger partial charge in [0.15, 0.2) is 6.73 Å². The number of quaternary nitrogens is 1. The average molecular weight is 537 g/mol. The zero-order valence-electron chi connectivity index (χ0n) is 17.9. The number of hydrogen-bond donors (Lipinski definition) is 2. The van der Waals surface area contributed by atoms with Crippen LogP contribution in [0.2, 0.25) is 0 Å². The summed E-state index contributed by atoms with van der Waals surface area (Å²) in [4.78, 5) is 34.2. The Morgan fingerprint density at radius 2 is 1.75 bits per heavy atom. The molecule has 0 heterocycles. The number of nitrogens with one attached hydrogen (secondary N) is 1. The zero-order chi connectivity index (χ0) is 22.2. The molecule has 3 atom stereocenters. The number of carbonyl (C=O) groups excluding carboxylic acids is 2. The van der Waals surface area contributed by atoms with Gasteiger partial charge in [0.2, 0.25) is 5.91 Å². The molecule has 9 nitrogen and oxygen atoms in total. The third-order valence-corrected chi connectivity index (χ3v) is 6.24. The highest BCUT2D eigenvalue weighted by atomic mass is 127. The number of phosphoric acid groups is 1. The summed E-state index contributed by atoms with van der Waals surface area (Å²) < 4.78 is 27.5. The third kappa shape index (κ3) is 11.7. The van der Waals surface area contributed by atoms with Crippen molar-refractivity contribution in [3.05, 3.63) is 0 Å². The normalized spacial score (nSPS) is 17.5. The van der Waals surface area contributed by atoms with Crippen molar-refractivity contribution in [2.24, 2.45) is 11.3 Å². The van der Waals surface area contributed by atoms with Crippen LogP contribution in [-0.2, 0) is 27.9 Å². The van der Waals surface area contributed by atoms with Crippen molar-refractivity contribution in [1.82, 2.24) is 5.32 Å². The standard InChI is InChI=1S/C17H34IN2O7P/c1-13(2)19-15(21)14(3)10-17(4,11-18)16(22)25-8-9-26-28(23,24)27-12-20(5,6)7/h13-14H,8-12H2,1-7H3,(H-,19,21,23,24)/p+1. The molecular weight excluding hydrogens is 502 g/mol. The second-order valence-electron chi connectivity index (χ2n) is 8.45. The van der Waals surface area contributed by atoms with Gasteiger partial charge in [-0.2, -0.15) is 0 Å². The Bertz CT molecular complexity index is 568. The van der Waals surface area contributed by atoms with Gasteiger partial charge in [0.1, 0.15) is 6.61 Å². The maximum atomic E-state index is 12.5. The summed E-state index contributed by atoms with van der Waals surface area (Å²) in [7, 11) is 1.19. The molecule has 0 aromatic rings. The number of phosphoric ester groups is 1. The molecule has 0 saturated heterocycles. The molecule has 166 valence electrons. The van der Waals surface area contributed by atoms with Gasteiger partial charge in [-0.3, -0.25) is 14.1 Å². The molecule has 0 radical (unpaired) electrons. The highest BCUT2D eigenvalue weighted by Gasteiger charge is 2.37. The van der Waals surface area contributed by atoms with E-state index in [0.717, 1.165) is 0 Å². The second-order valence-corrected chi connectivity index (χ2v) is 10.7. The van der Waals surface area contributed by atoms with Gasteiger partial charge >= 0.3 is 13.8 Å². The van der Waals surface area contributed by atoms with Gasteiger partial charge in [0.25, 0.3) is 0 Å². The molecule has 0 aliphatic heterocycles. The fourth-order valence-electron chi connectivity index (χ4n) is 2.13. The molecular formula is C17H35IN2O7P+. The summed E-state index contributed by atoms with van der Waals surface area (Å²) >= 11 is 2.09. The van der Waals surface area contributed by atoms with Crippen LogP contribution in [0.25, 0.3) is 0 Å². The van der Waals surface area contributed by atoms with Crippen molar-refractivity contribution in [1.29, 1.82) is 0 Å². The van der Waals surface area contributed by atoms with E-state index in [4.69, 9.17) is 13.8 Å². The van der Waals surface area contributed by atoms with Gasteiger partial charge in [0.05, 0.1) is 33.2 Å². The van der Waals surface area contributed by atoms with Gasteiger partial charge in [-0.1, -0.05) is 29.5 Å². The lowest BCUT2D eigenvalue weighted by Crippen LogP contribution is -2.40. The second kappa shape index (κ2) is 11.8. The van der Waals surface area contributed by atoms with Crippen molar-refractivity contribution < 1.29 is 37.3 Å². The topological polar surface area (TPSA) is 111 Å². The summed E-state index contributed by atoms with van der Waals surface area (Å²) in [5.74, 6) is -0.944. The van der Waals surface area contributed by atoms with Gasteiger partial charge in [-0.05, 0) is 27.2 Å². The van der Waals surface area contributed by atoms with Crippen LogP contribution in [0.3, 0.4) is 0 Å². The number of carbonyl (C=O) groups is 2. The Labute approximate surface area is 181 Å². The van der Waals surface area contributed by atoms with Gasteiger partial charge < -0.3 is 19.4 Å². The molecule has 0 bridgehead atoms. The minimum absolute atomic E-state index is 0.00317. The van der Waals surface area contributed by atoms with Crippen molar-refractivity contribution in [3.63, 3.8) is 0 Å². The molecule has 3 unspecified atom stereocenters. The molecule has 2 N–H and O–H groups in total. The first-order valence-electron chi connectivity index (χ1n) is 9.08. The van der Waals surface area contributed by atoms with E-state index in [0.29, 0.717) is 15.3 Å². The van der Waals surface area contributed by atoms with Crippen molar-refractivity contribution >= 4 is 42.3 Å². The molecule has 28 heavy (non-hydrogen) atoms. The first-order chi connectivity index (χ1) is 12.6. The van der Waals surface area contributed by atoms with Crippen LogP contribution < -0.4 is 5.32 Å². The van der Waals surface area contributed by atoms with Gasteiger partial charge in [-0.15, -0.1) is 0 Å². The molecule has 0 aromatic heterocycles. The quantitative estimate of drug-likeness (QED) is 0.0706. The fourth-order valence-corrected chi connectivity index (χ4v) is 3.63. The number of nitrogens with zero attached hydrogens (tertiary/aromatic N) is 1. The Kier molecular flexibility index (Phi) is 11.7. The first-order valence-corrected chi connectivity index (χ1v) is 12.1. The van der Waals surface area contributed by atoms with Crippen LogP contribution in [0.5, 0.6) is 0 Å². The van der Waals surface area contributed by atoms with Crippen LogP contribution in [0, 0.1) is 11.3 Å². The minimum Gasteiger partial charge on any atom is -0.463 e. The van der Waals surface area contributed by atoms with E-state index in [-0.39, 0.29) is 37.8 Å². The van der Waals surface area contributed by atoms with Crippen molar-refractivity contribution in [3.8, 4) is 0 Å². The van der Waals surface area contributed by atoms with E-state index in [1.807, 2.05) is 13.8 Å². The SMILES string of the molecule is CC(C)NC(=O)C(C)CC(C)(CI)C(=O)OCCOP(=O)(O)OC[N+](C)(C)C. The predicted octanol–water partition coefficient (Wildman–Crippen LogP) is 2.32. The first kappa shape index (κ1) is 27.7. The Morgan fingerprint density at radius 1 is 1.18 bits per heavy atom. The average Bonchev–Trinajstić information content (AvgIpc) is 2.55. The Morgan fingerprint density at radius 3 is 2.21 bits per heavy atom. The largest absolute Gasteiger partial charge is 0.476 e. The fraction of sp³-hybridized carbons (Fsp3) is 0.882. The van der Waals surface area contributed by atoms with E-state index < -0.39 is 19.2 Å². The summed E-state index contributed by atoms with van der Waals surface area (Å²) in [5.41, 5.74) is -0.850. The molecule has 0 saturated carbocycles. The number of esters is 1. The summed E-state index contributed by atoms with van der Waals surface area (Å²) in [5, 5.41) is 2.83. The molecule has 0 spiro atoms. The molecule has 0 aliphatic carbocycles. The lowest BCUT2D eigenvalue weighted by Gasteiger charge is -2.28. The van der Waals surface area contributed by atoms with Crippen molar-refractivity contribution in [2.75, 3.05) is 45.5 Å². The van der Waals surface area contributed by atoms with Crippen LogP contribution in [0.1, 0.15) is 34.1 Å². The molecule has 0 rings (SSSR count). The van der Waals surface area contributed by atoms with Crippen LogP contribution in [0.4, 0.5) is 0 Å². The third-order valence-electron chi connectivity index (χ3n) is 3.60. The van der Waals surface area contributed by atoms with E-state index in [1.165, 1.54) is 0 Å². The molecule has 1 amide bonds. The van der Waals surface area contributed by atoms with Crippen LogP contribution >= 0.6 is 30.4 Å². The predicted molar refractivity (Wildman–Crippen MR) is 115 cm³/mol. The van der Waals surface area contributed by atoms with E-state index >= 15 is 0 Å². The number of halogens is 1. The highest BCUT2D eigenvalue weighted by Crippen LogP contribution is 2.43. The highest BCUT2D eigenvalue weighted by molar-refractivity contribution is 14.1. The number of rotatable bonds is 13. The maximum Gasteiger partial charge on any atom is 0.476 e. The van der Waals surface area contributed by atoms with Crippen LogP contribution in [-0.4, -0.2) is 72.8 Å².